The predicted molar refractivity (Wildman–Crippen MR) is 119 cm³/mol. The van der Waals surface area contributed by atoms with Crippen molar-refractivity contribution in [3.8, 4) is 28.4 Å². The molecule has 0 spiro atoms. The first-order valence-electron chi connectivity index (χ1n) is 10.4. The van der Waals surface area contributed by atoms with Crippen LogP contribution in [0.4, 0.5) is 0 Å². The van der Waals surface area contributed by atoms with Gasteiger partial charge in [0.25, 0.3) is 0 Å². The zero-order chi connectivity index (χ0) is 21.2. The summed E-state index contributed by atoms with van der Waals surface area (Å²) in [6.07, 6.45) is 3.02. The highest BCUT2D eigenvalue weighted by Gasteiger charge is 2.18. The standard InChI is InChI=1S/C24H25N5O2/c1-16-21(17(2)27-26-16)10-11-25-13-19-14-29(20-6-4-3-5-7-20)28-24(19)18-8-9-22-23(12-18)31-15-30-22/h3-9,12,14,25H,10-11,13,15H2,1-2H3,(H,26,27). The number of ether oxygens (including phenoxy) is 2. The van der Waals surface area contributed by atoms with E-state index in [1.54, 1.807) is 0 Å². The second-order valence-electron chi connectivity index (χ2n) is 7.69. The Morgan fingerprint density at radius 2 is 1.90 bits per heavy atom. The fourth-order valence-corrected chi connectivity index (χ4v) is 3.92. The fraction of sp³-hybridized carbons (Fsp3) is 0.250. The number of para-hydroxylation sites is 1. The van der Waals surface area contributed by atoms with E-state index in [2.05, 4.69) is 40.8 Å². The second kappa shape index (κ2) is 8.28. The van der Waals surface area contributed by atoms with Gasteiger partial charge in [0.05, 0.1) is 17.1 Å². The van der Waals surface area contributed by atoms with Crippen molar-refractivity contribution < 1.29 is 9.47 Å². The molecule has 2 aromatic carbocycles. The monoisotopic (exact) mass is 415 g/mol. The molecule has 4 aromatic rings. The quantitative estimate of drug-likeness (QED) is 0.447. The molecule has 0 saturated heterocycles. The third-order valence-corrected chi connectivity index (χ3v) is 5.60. The highest BCUT2D eigenvalue weighted by Crippen LogP contribution is 2.36. The van der Waals surface area contributed by atoms with E-state index in [1.165, 1.54) is 5.56 Å². The van der Waals surface area contributed by atoms with Gasteiger partial charge >= 0.3 is 0 Å². The fourth-order valence-electron chi connectivity index (χ4n) is 3.92. The van der Waals surface area contributed by atoms with Gasteiger partial charge in [-0.2, -0.15) is 10.2 Å². The number of aromatic amines is 1. The summed E-state index contributed by atoms with van der Waals surface area (Å²) in [5, 5.41) is 15.8. The average molecular weight is 415 g/mol. The van der Waals surface area contributed by atoms with Crippen LogP contribution < -0.4 is 14.8 Å². The van der Waals surface area contributed by atoms with Gasteiger partial charge in [0, 0.05) is 29.6 Å². The summed E-state index contributed by atoms with van der Waals surface area (Å²) in [6, 6.07) is 16.1. The molecule has 1 aliphatic rings. The van der Waals surface area contributed by atoms with E-state index in [0.29, 0.717) is 6.54 Å². The number of aromatic nitrogens is 4. The van der Waals surface area contributed by atoms with Gasteiger partial charge in [-0.3, -0.25) is 5.10 Å². The van der Waals surface area contributed by atoms with Crippen LogP contribution in [0.5, 0.6) is 11.5 Å². The Morgan fingerprint density at radius 3 is 2.71 bits per heavy atom. The lowest BCUT2D eigenvalue weighted by atomic mass is 10.1. The predicted octanol–water partition coefficient (Wildman–Crippen LogP) is 3.94. The minimum Gasteiger partial charge on any atom is -0.454 e. The number of fused-ring (bicyclic) bond motifs is 1. The number of hydrogen-bond donors (Lipinski definition) is 2. The van der Waals surface area contributed by atoms with Crippen LogP contribution in [-0.2, 0) is 13.0 Å². The Bertz CT molecular complexity index is 1180. The lowest BCUT2D eigenvalue weighted by Gasteiger charge is -2.06. The zero-order valence-electron chi connectivity index (χ0n) is 17.7. The Morgan fingerprint density at radius 1 is 1.06 bits per heavy atom. The van der Waals surface area contributed by atoms with Gasteiger partial charge in [-0.1, -0.05) is 18.2 Å². The van der Waals surface area contributed by atoms with Gasteiger partial charge in [-0.15, -0.1) is 0 Å². The second-order valence-corrected chi connectivity index (χ2v) is 7.69. The van der Waals surface area contributed by atoms with Crippen LogP contribution in [-0.4, -0.2) is 33.3 Å². The molecular weight excluding hydrogens is 390 g/mol. The van der Waals surface area contributed by atoms with Crippen molar-refractivity contribution in [3.63, 3.8) is 0 Å². The third kappa shape index (κ3) is 3.92. The molecule has 5 rings (SSSR count). The highest BCUT2D eigenvalue weighted by molar-refractivity contribution is 5.67. The highest BCUT2D eigenvalue weighted by atomic mass is 16.7. The van der Waals surface area contributed by atoms with E-state index in [-0.39, 0.29) is 6.79 Å². The summed E-state index contributed by atoms with van der Waals surface area (Å²) >= 11 is 0. The van der Waals surface area contributed by atoms with Crippen LogP contribution in [0.3, 0.4) is 0 Å². The molecule has 31 heavy (non-hydrogen) atoms. The zero-order valence-corrected chi connectivity index (χ0v) is 17.7. The molecule has 0 saturated carbocycles. The topological polar surface area (TPSA) is 77.0 Å². The number of rotatable bonds is 7. The maximum atomic E-state index is 5.57. The summed E-state index contributed by atoms with van der Waals surface area (Å²) in [5.41, 5.74) is 7.59. The molecule has 0 bridgehead atoms. The lowest BCUT2D eigenvalue weighted by Crippen LogP contribution is -2.17. The molecule has 1 aliphatic heterocycles. The maximum Gasteiger partial charge on any atom is 0.231 e. The smallest absolute Gasteiger partial charge is 0.231 e. The van der Waals surface area contributed by atoms with E-state index in [0.717, 1.165) is 58.4 Å². The Kier molecular flexibility index (Phi) is 5.18. The van der Waals surface area contributed by atoms with Crippen molar-refractivity contribution in [2.45, 2.75) is 26.8 Å². The van der Waals surface area contributed by atoms with Gasteiger partial charge in [0.15, 0.2) is 11.5 Å². The molecule has 7 heteroatoms. The van der Waals surface area contributed by atoms with Crippen LogP contribution in [0.15, 0.2) is 54.7 Å². The van der Waals surface area contributed by atoms with Gasteiger partial charge in [0.2, 0.25) is 6.79 Å². The molecule has 3 heterocycles. The van der Waals surface area contributed by atoms with Crippen molar-refractivity contribution in [3.05, 3.63) is 77.2 Å². The van der Waals surface area contributed by atoms with Crippen molar-refractivity contribution in [1.29, 1.82) is 0 Å². The summed E-state index contributed by atoms with van der Waals surface area (Å²) in [4.78, 5) is 0. The van der Waals surface area contributed by atoms with Gasteiger partial charge in [0.1, 0.15) is 0 Å². The molecule has 2 N–H and O–H groups in total. The Hall–Kier alpha value is -3.58. The number of nitrogens with zero attached hydrogens (tertiary/aromatic N) is 3. The molecule has 2 aromatic heterocycles. The lowest BCUT2D eigenvalue weighted by molar-refractivity contribution is 0.174. The maximum absolute atomic E-state index is 5.57. The van der Waals surface area contributed by atoms with Crippen LogP contribution in [0.25, 0.3) is 16.9 Å². The van der Waals surface area contributed by atoms with Crippen molar-refractivity contribution in [2.24, 2.45) is 0 Å². The van der Waals surface area contributed by atoms with Crippen molar-refractivity contribution in [1.82, 2.24) is 25.3 Å². The van der Waals surface area contributed by atoms with E-state index >= 15 is 0 Å². The summed E-state index contributed by atoms with van der Waals surface area (Å²) in [5.74, 6) is 1.54. The van der Waals surface area contributed by atoms with Crippen LogP contribution in [0.1, 0.15) is 22.5 Å². The average Bonchev–Trinajstić information content (AvgIpc) is 3.51. The number of aryl methyl sites for hydroxylation is 2. The first-order chi connectivity index (χ1) is 15.2. The molecule has 0 unspecified atom stereocenters. The number of benzene rings is 2. The number of hydrogen-bond acceptors (Lipinski definition) is 5. The van der Waals surface area contributed by atoms with Crippen LogP contribution in [0.2, 0.25) is 0 Å². The largest absolute Gasteiger partial charge is 0.454 e. The van der Waals surface area contributed by atoms with E-state index in [9.17, 15) is 0 Å². The van der Waals surface area contributed by atoms with Crippen LogP contribution >= 0.6 is 0 Å². The normalized spacial score (nSPS) is 12.5. The molecule has 0 atom stereocenters. The van der Waals surface area contributed by atoms with Gasteiger partial charge in [-0.25, -0.2) is 4.68 Å². The molecule has 0 fully saturated rings. The van der Waals surface area contributed by atoms with Crippen molar-refractivity contribution >= 4 is 0 Å². The Balaban J connectivity index is 1.39. The van der Waals surface area contributed by atoms with E-state index < -0.39 is 0 Å². The molecule has 7 nitrogen and oxygen atoms in total. The summed E-state index contributed by atoms with van der Waals surface area (Å²) < 4.78 is 13.0. The minimum absolute atomic E-state index is 0.262. The van der Waals surface area contributed by atoms with Gasteiger partial charge in [-0.05, 0) is 62.7 Å². The molecule has 158 valence electrons. The molecule has 0 aliphatic carbocycles. The van der Waals surface area contributed by atoms with Gasteiger partial charge < -0.3 is 14.8 Å². The molecule has 0 radical (unpaired) electrons. The van der Waals surface area contributed by atoms with Crippen molar-refractivity contribution in [2.75, 3.05) is 13.3 Å². The van der Waals surface area contributed by atoms with Crippen LogP contribution in [0, 0.1) is 13.8 Å². The Labute approximate surface area is 181 Å². The summed E-state index contributed by atoms with van der Waals surface area (Å²) in [6.45, 7) is 5.95. The SMILES string of the molecule is Cc1n[nH]c(C)c1CCNCc1cn(-c2ccccc2)nc1-c1ccc2c(c1)OCO2. The summed E-state index contributed by atoms with van der Waals surface area (Å²) in [7, 11) is 0. The van der Waals surface area contributed by atoms with E-state index in [4.69, 9.17) is 14.6 Å². The number of nitrogens with one attached hydrogen (secondary N) is 2. The third-order valence-electron chi connectivity index (χ3n) is 5.60. The minimum atomic E-state index is 0.262. The molecular formula is C24H25N5O2. The molecule has 0 amide bonds. The first kappa shape index (κ1) is 19.4. The number of H-pyrrole nitrogens is 1. The first-order valence-corrected chi connectivity index (χ1v) is 10.4. The van der Waals surface area contributed by atoms with E-state index in [1.807, 2.05) is 48.0 Å².